The largest absolute Gasteiger partial charge is 0.237 e. The molecule has 1 unspecified atom stereocenters. The fourth-order valence-electron chi connectivity index (χ4n) is 3.12. The third-order valence-corrected chi connectivity index (χ3v) is 4.42. The summed E-state index contributed by atoms with van der Waals surface area (Å²) in [5.41, 5.74) is 4.81. The van der Waals surface area contributed by atoms with Crippen molar-refractivity contribution >= 4 is 0 Å². The van der Waals surface area contributed by atoms with E-state index in [1.165, 1.54) is 29.8 Å². The summed E-state index contributed by atoms with van der Waals surface area (Å²) in [5, 5.41) is 4.90. The Labute approximate surface area is 145 Å². The monoisotopic (exact) mass is 317 g/mol. The summed E-state index contributed by atoms with van der Waals surface area (Å²) in [6.45, 7) is 6.42. The van der Waals surface area contributed by atoms with Crippen LogP contribution < -0.4 is 0 Å². The van der Waals surface area contributed by atoms with Crippen LogP contribution in [0.1, 0.15) is 49.1 Å². The van der Waals surface area contributed by atoms with Crippen molar-refractivity contribution in [3.8, 4) is 5.69 Å². The number of nitrogens with zero attached hydrogens (tertiary/aromatic N) is 2. The SMILES string of the molecule is [CH2]CC(c1ccccc1)c1cc(CCCC)nn1-c1ccccc1. The van der Waals surface area contributed by atoms with Crippen molar-refractivity contribution in [1.82, 2.24) is 9.78 Å². The van der Waals surface area contributed by atoms with Crippen molar-refractivity contribution in [1.29, 1.82) is 0 Å². The van der Waals surface area contributed by atoms with Gasteiger partial charge in [-0.1, -0.05) is 68.8 Å². The molecule has 3 rings (SSSR count). The molecule has 3 aromatic rings. The summed E-state index contributed by atoms with van der Waals surface area (Å²) >= 11 is 0. The Bertz CT molecular complexity index is 744. The van der Waals surface area contributed by atoms with Crippen LogP contribution >= 0.6 is 0 Å². The minimum absolute atomic E-state index is 0.259. The average molecular weight is 317 g/mol. The van der Waals surface area contributed by atoms with E-state index in [-0.39, 0.29) is 5.92 Å². The quantitative estimate of drug-likeness (QED) is 0.557. The first-order chi connectivity index (χ1) is 11.8. The number of hydrogen-bond acceptors (Lipinski definition) is 1. The van der Waals surface area contributed by atoms with Gasteiger partial charge in [-0.2, -0.15) is 5.10 Å². The molecule has 0 fully saturated rings. The van der Waals surface area contributed by atoms with Crippen LogP contribution in [-0.2, 0) is 6.42 Å². The number of hydrogen-bond donors (Lipinski definition) is 0. The maximum Gasteiger partial charge on any atom is 0.0649 e. The van der Waals surface area contributed by atoms with E-state index >= 15 is 0 Å². The van der Waals surface area contributed by atoms with Gasteiger partial charge < -0.3 is 0 Å². The van der Waals surface area contributed by atoms with Crippen LogP contribution in [0.4, 0.5) is 0 Å². The van der Waals surface area contributed by atoms with Crippen molar-refractivity contribution in [3.05, 3.63) is 90.6 Å². The maximum atomic E-state index is 4.90. The van der Waals surface area contributed by atoms with E-state index < -0.39 is 0 Å². The van der Waals surface area contributed by atoms with Gasteiger partial charge in [0.25, 0.3) is 0 Å². The number of aromatic nitrogens is 2. The van der Waals surface area contributed by atoms with Crippen LogP contribution in [0.5, 0.6) is 0 Å². The second kappa shape index (κ2) is 7.96. The average Bonchev–Trinajstić information content (AvgIpc) is 3.06. The van der Waals surface area contributed by atoms with E-state index in [4.69, 9.17) is 5.10 Å². The van der Waals surface area contributed by atoms with Crippen molar-refractivity contribution in [2.45, 2.75) is 38.5 Å². The van der Waals surface area contributed by atoms with E-state index in [2.05, 4.69) is 79.2 Å². The van der Waals surface area contributed by atoms with Crippen molar-refractivity contribution < 1.29 is 0 Å². The molecule has 24 heavy (non-hydrogen) atoms. The van der Waals surface area contributed by atoms with Gasteiger partial charge in [-0.25, -0.2) is 4.68 Å². The minimum atomic E-state index is 0.259. The van der Waals surface area contributed by atoms with E-state index in [9.17, 15) is 0 Å². The number of benzene rings is 2. The molecule has 1 radical (unpaired) electrons. The predicted molar refractivity (Wildman–Crippen MR) is 100 cm³/mol. The summed E-state index contributed by atoms with van der Waals surface area (Å²) in [5.74, 6) is 0.259. The second-order valence-corrected chi connectivity index (χ2v) is 6.16. The van der Waals surface area contributed by atoms with Gasteiger partial charge in [-0.3, -0.25) is 0 Å². The van der Waals surface area contributed by atoms with Crippen LogP contribution in [0.25, 0.3) is 5.69 Å². The lowest BCUT2D eigenvalue weighted by molar-refractivity contribution is 0.706. The van der Waals surface area contributed by atoms with Gasteiger partial charge in [0.2, 0.25) is 0 Å². The van der Waals surface area contributed by atoms with E-state index in [0.29, 0.717) is 0 Å². The Morgan fingerprint density at radius 1 is 1.00 bits per heavy atom. The van der Waals surface area contributed by atoms with Crippen LogP contribution in [0.15, 0.2) is 66.7 Å². The van der Waals surface area contributed by atoms with Gasteiger partial charge >= 0.3 is 0 Å². The summed E-state index contributed by atoms with van der Waals surface area (Å²) in [7, 11) is 0. The van der Waals surface area contributed by atoms with Crippen LogP contribution in [0.2, 0.25) is 0 Å². The lowest BCUT2D eigenvalue weighted by Crippen LogP contribution is -2.08. The molecule has 0 aliphatic rings. The molecule has 2 aromatic carbocycles. The second-order valence-electron chi connectivity index (χ2n) is 6.16. The lowest BCUT2D eigenvalue weighted by atomic mass is 9.92. The zero-order chi connectivity index (χ0) is 16.8. The van der Waals surface area contributed by atoms with Gasteiger partial charge in [-0.15, -0.1) is 0 Å². The van der Waals surface area contributed by atoms with Gasteiger partial charge in [-0.05, 0) is 43.0 Å². The molecule has 1 atom stereocenters. The molecule has 0 bridgehead atoms. The van der Waals surface area contributed by atoms with Crippen molar-refractivity contribution in [3.63, 3.8) is 0 Å². The molecule has 2 nitrogen and oxygen atoms in total. The Balaban J connectivity index is 2.05. The third kappa shape index (κ3) is 3.59. The molecule has 0 aliphatic carbocycles. The van der Waals surface area contributed by atoms with Gasteiger partial charge in [0, 0.05) is 5.92 Å². The lowest BCUT2D eigenvalue weighted by Gasteiger charge is -2.17. The number of para-hydroxylation sites is 1. The molecule has 2 heteroatoms. The zero-order valence-corrected chi connectivity index (χ0v) is 14.4. The topological polar surface area (TPSA) is 17.8 Å². The highest BCUT2D eigenvalue weighted by Crippen LogP contribution is 2.30. The van der Waals surface area contributed by atoms with Crippen LogP contribution in [-0.4, -0.2) is 9.78 Å². The normalized spacial score (nSPS) is 12.2. The Hall–Kier alpha value is -2.35. The highest BCUT2D eigenvalue weighted by Gasteiger charge is 2.19. The molecular weight excluding hydrogens is 292 g/mol. The first-order valence-corrected chi connectivity index (χ1v) is 8.82. The highest BCUT2D eigenvalue weighted by atomic mass is 15.3. The first kappa shape index (κ1) is 16.5. The summed E-state index contributed by atoms with van der Waals surface area (Å²) in [6.07, 6.45) is 4.20. The minimum Gasteiger partial charge on any atom is -0.237 e. The summed E-state index contributed by atoms with van der Waals surface area (Å²) < 4.78 is 2.10. The first-order valence-electron chi connectivity index (χ1n) is 8.82. The standard InChI is InChI=1S/C22H25N2/c1-3-5-14-19-17-22(21(4-2)18-12-8-6-9-13-18)24(23-19)20-15-10-7-11-16-20/h6-13,15-17,21H,2-5,14H2,1H3. The molecule has 1 aromatic heterocycles. The van der Waals surface area contributed by atoms with Crippen LogP contribution in [0.3, 0.4) is 0 Å². The molecule has 0 amide bonds. The highest BCUT2D eigenvalue weighted by molar-refractivity contribution is 5.38. The smallest absolute Gasteiger partial charge is 0.0649 e. The molecule has 0 aliphatic heterocycles. The van der Waals surface area contributed by atoms with E-state index in [1.54, 1.807) is 0 Å². The molecule has 0 spiro atoms. The Morgan fingerprint density at radius 2 is 1.67 bits per heavy atom. The fourth-order valence-corrected chi connectivity index (χ4v) is 3.12. The molecule has 0 N–H and O–H groups in total. The summed E-state index contributed by atoms with van der Waals surface area (Å²) in [6, 6.07) is 23.3. The number of rotatable bonds is 7. The van der Waals surface area contributed by atoms with Crippen LogP contribution in [0, 0.1) is 6.92 Å². The Kier molecular flexibility index (Phi) is 5.47. The van der Waals surface area contributed by atoms with E-state index in [1.807, 2.05) is 6.07 Å². The molecule has 0 saturated carbocycles. The van der Waals surface area contributed by atoms with Gasteiger partial charge in [0.15, 0.2) is 0 Å². The van der Waals surface area contributed by atoms with E-state index in [0.717, 1.165) is 18.5 Å². The molecular formula is C22H25N2. The van der Waals surface area contributed by atoms with Gasteiger partial charge in [0.1, 0.15) is 0 Å². The summed E-state index contributed by atoms with van der Waals surface area (Å²) in [4.78, 5) is 0. The third-order valence-electron chi connectivity index (χ3n) is 4.42. The molecule has 0 saturated heterocycles. The van der Waals surface area contributed by atoms with Gasteiger partial charge in [0.05, 0.1) is 17.1 Å². The van der Waals surface area contributed by atoms with Crippen molar-refractivity contribution in [2.24, 2.45) is 0 Å². The predicted octanol–water partition coefficient (Wildman–Crippen LogP) is 5.57. The molecule has 1 heterocycles. The number of aryl methyl sites for hydroxylation is 1. The zero-order valence-electron chi connectivity index (χ0n) is 14.4. The number of unbranched alkanes of at least 4 members (excludes halogenated alkanes) is 1. The molecule has 123 valence electrons. The van der Waals surface area contributed by atoms with Crippen molar-refractivity contribution in [2.75, 3.05) is 0 Å². The Morgan fingerprint density at radius 3 is 2.29 bits per heavy atom. The fraction of sp³-hybridized carbons (Fsp3) is 0.273. The maximum absolute atomic E-state index is 4.90.